The van der Waals surface area contributed by atoms with Crippen molar-refractivity contribution >= 4 is 0 Å². The Bertz CT molecular complexity index is 190. The topological polar surface area (TPSA) is 21.3 Å². The summed E-state index contributed by atoms with van der Waals surface area (Å²) in [5.41, 5.74) is 0. The number of hydrogen-bond acceptors (Lipinski definition) is 2. The Balaban J connectivity index is 2.20. The summed E-state index contributed by atoms with van der Waals surface area (Å²) in [6.45, 7) is 5.62. The fourth-order valence-corrected chi connectivity index (χ4v) is 3.21. The van der Waals surface area contributed by atoms with Crippen molar-refractivity contribution in [1.82, 2.24) is 5.32 Å². The van der Waals surface area contributed by atoms with E-state index in [1.165, 1.54) is 57.8 Å². The molecule has 0 radical (unpaired) electrons. The van der Waals surface area contributed by atoms with Crippen LogP contribution in [0.4, 0.5) is 0 Å². The molecule has 1 rings (SSSR count). The summed E-state index contributed by atoms with van der Waals surface area (Å²) in [5.74, 6) is 0.861. The van der Waals surface area contributed by atoms with Gasteiger partial charge >= 0.3 is 0 Å². The van der Waals surface area contributed by atoms with Gasteiger partial charge in [-0.3, -0.25) is 0 Å². The largest absolute Gasteiger partial charge is 0.378 e. The Morgan fingerprint density at radius 2 is 2.06 bits per heavy atom. The van der Waals surface area contributed by atoms with E-state index in [-0.39, 0.29) is 0 Å². The number of hydrogen-bond donors (Lipinski definition) is 1. The Morgan fingerprint density at radius 3 is 2.61 bits per heavy atom. The molecule has 0 amide bonds. The minimum absolute atomic E-state index is 0.568. The first-order valence-electron chi connectivity index (χ1n) is 8.10. The number of ether oxygens (including phenoxy) is 1. The van der Waals surface area contributed by atoms with Gasteiger partial charge in [0.1, 0.15) is 0 Å². The number of nitrogens with one attached hydrogen (secondary N) is 1. The van der Waals surface area contributed by atoms with E-state index in [0.29, 0.717) is 12.1 Å². The third kappa shape index (κ3) is 5.71. The molecule has 2 nitrogen and oxygen atoms in total. The lowest BCUT2D eigenvalue weighted by atomic mass is 9.88. The highest BCUT2D eigenvalue weighted by molar-refractivity contribution is 4.75. The van der Waals surface area contributed by atoms with Crippen LogP contribution in [0.15, 0.2) is 0 Å². The molecule has 1 aliphatic rings. The summed E-state index contributed by atoms with van der Waals surface area (Å²) in [4.78, 5) is 0. The van der Waals surface area contributed by atoms with Crippen molar-refractivity contribution in [2.24, 2.45) is 5.92 Å². The van der Waals surface area contributed by atoms with Crippen molar-refractivity contribution in [2.45, 2.75) is 83.8 Å². The molecule has 0 aromatic rings. The molecule has 3 atom stereocenters. The normalized spacial score (nSPS) is 23.2. The van der Waals surface area contributed by atoms with E-state index in [1.807, 2.05) is 0 Å². The van der Waals surface area contributed by atoms with E-state index in [1.54, 1.807) is 0 Å². The molecule has 0 spiro atoms. The fraction of sp³-hybridized carbons (Fsp3) is 1.00. The highest BCUT2D eigenvalue weighted by Crippen LogP contribution is 2.23. The summed E-state index contributed by atoms with van der Waals surface area (Å²) in [7, 11) is 2.13. The molecule has 0 aromatic heterocycles. The maximum atomic E-state index is 5.70. The zero-order chi connectivity index (χ0) is 13.2. The third-order valence-electron chi connectivity index (χ3n) is 4.46. The van der Waals surface area contributed by atoms with Gasteiger partial charge in [-0.15, -0.1) is 0 Å². The van der Waals surface area contributed by atoms with Crippen LogP contribution in [0.1, 0.15) is 71.6 Å². The van der Waals surface area contributed by atoms with Crippen LogP contribution < -0.4 is 5.32 Å². The highest BCUT2D eigenvalue weighted by Gasteiger charge is 2.19. The Hall–Kier alpha value is -0.0800. The van der Waals surface area contributed by atoms with Gasteiger partial charge < -0.3 is 10.1 Å². The molecule has 108 valence electrons. The van der Waals surface area contributed by atoms with Crippen LogP contribution in [-0.4, -0.2) is 25.8 Å². The van der Waals surface area contributed by atoms with Crippen molar-refractivity contribution in [3.63, 3.8) is 0 Å². The average molecular weight is 255 g/mol. The van der Waals surface area contributed by atoms with Crippen LogP contribution >= 0.6 is 0 Å². The molecule has 1 fully saturated rings. The first-order valence-corrected chi connectivity index (χ1v) is 8.10. The highest BCUT2D eigenvalue weighted by atomic mass is 16.5. The average Bonchev–Trinajstić information content (AvgIpc) is 2.90. The monoisotopic (exact) mass is 255 g/mol. The first kappa shape index (κ1) is 16.0. The summed E-state index contributed by atoms with van der Waals surface area (Å²) in [5, 5.41) is 3.55. The molecular weight excluding hydrogens is 222 g/mol. The molecule has 1 aliphatic heterocycles. The minimum atomic E-state index is 0.568. The Morgan fingerprint density at radius 1 is 1.22 bits per heavy atom. The maximum absolute atomic E-state index is 5.70. The zero-order valence-corrected chi connectivity index (χ0v) is 12.7. The van der Waals surface area contributed by atoms with Gasteiger partial charge in [0.25, 0.3) is 0 Å². The summed E-state index contributed by atoms with van der Waals surface area (Å²) in [6, 6.07) is 0.711. The van der Waals surface area contributed by atoms with Crippen LogP contribution in [0, 0.1) is 5.92 Å². The second kappa shape index (κ2) is 9.80. The molecule has 1 saturated heterocycles. The standard InChI is InChI=1S/C16H33NO/c1-4-6-9-14(5-2)16(17-3)12-7-10-15-11-8-13-18-15/h14-17H,4-13H2,1-3H3. The molecular formula is C16H33NO. The van der Waals surface area contributed by atoms with Crippen LogP contribution in [0.5, 0.6) is 0 Å². The predicted molar refractivity (Wildman–Crippen MR) is 79.0 cm³/mol. The molecule has 0 aromatic carbocycles. The smallest absolute Gasteiger partial charge is 0.0576 e. The fourth-order valence-electron chi connectivity index (χ4n) is 3.21. The van der Waals surface area contributed by atoms with Gasteiger partial charge in [-0.1, -0.05) is 33.1 Å². The third-order valence-corrected chi connectivity index (χ3v) is 4.46. The van der Waals surface area contributed by atoms with Crippen molar-refractivity contribution in [3.8, 4) is 0 Å². The lowest BCUT2D eigenvalue weighted by Crippen LogP contribution is -2.33. The molecule has 0 aliphatic carbocycles. The van der Waals surface area contributed by atoms with Crippen LogP contribution in [0.3, 0.4) is 0 Å². The van der Waals surface area contributed by atoms with Crippen LogP contribution in [-0.2, 0) is 4.74 Å². The van der Waals surface area contributed by atoms with Gasteiger partial charge in [0.05, 0.1) is 6.10 Å². The molecule has 0 saturated carbocycles. The van der Waals surface area contributed by atoms with Gasteiger partial charge in [0.2, 0.25) is 0 Å². The van der Waals surface area contributed by atoms with E-state index in [9.17, 15) is 0 Å². The first-order chi connectivity index (χ1) is 8.81. The van der Waals surface area contributed by atoms with Crippen molar-refractivity contribution in [2.75, 3.05) is 13.7 Å². The number of rotatable bonds is 10. The van der Waals surface area contributed by atoms with E-state index in [0.717, 1.165) is 12.5 Å². The van der Waals surface area contributed by atoms with E-state index in [2.05, 4.69) is 26.2 Å². The number of unbranched alkanes of at least 4 members (excludes halogenated alkanes) is 1. The molecule has 3 unspecified atom stereocenters. The minimum Gasteiger partial charge on any atom is -0.378 e. The molecule has 2 heteroatoms. The quantitative estimate of drug-likeness (QED) is 0.633. The van der Waals surface area contributed by atoms with Gasteiger partial charge in [-0.2, -0.15) is 0 Å². The lowest BCUT2D eigenvalue weighted by Gasteiger charge is -2.26. The second-order valence-corrected chi connectivity index (χ2v) is 5.77. The zero-order valence-electron chi connectivity index (χ0n) is 12.7. The Labute approximate surface area is 114 Å². The van der Waals surface area contributed by atoms with Gasteiger partial charge in [-0.25, -0.2) is 0 Å². The summed E-state index contributed by atoms with van der Waals surface area (Å²) >= 11 is 0. The van der Waals surface area contributed by atoms with Gasteiger partial charge in [0, 0.05) is 12.6 Å². The molecule has 18 heavy (non-hydrogen) atoms. The molecule has 0 bridgehead atoms. The van der Waals surface area contributed by atoms with Crippen LogP contribution in [0.2, 0.25) is 0 Å². The SMILES string of the molecule is CCCCC(CC)C(CCCC1CCCO1)NC. The maximum Gasteiger partial charge on any atom is 0.0576 e. The van der Waals surface area contributed by atoms with Crippen molar-refractivity contribution < 1.29 is 4.74 Å². The van der Waals surface area contributed by atoms with E-state index < -0.39 is 0 Å². The van der Waals surface area contributed by atoms with Gasteiger partial charge in [0.15, 0.2) is 0 Å². The van der Waals surface area contributed by atoms with Crippen molar-refractivity contribution in [1.29, 1.82) is 0 Å². The van der Waals surface area contributed by atoms with Crippen molar-refractivity contribution in [3.05, 3.63) is 0 Å². The second-order valence-electron chi connectivity index (χ2n) is 5.77. The Kier molecular flexibility index (Phi) is 8.70. The van der Waals surface area contributed by atoms with E-state index in [4.69, 9.17) is 4.74 Å². The summed E-state index contributed by atoms with van der Waals surface area (Å²) in [6.07, 6.45) is 12.4. The summed E-state index contributed by atoms with van der Waals surface area (Å²) < 4.78 is 5.70. The molecule has 1 N–H and O–H groups in total. The van der Waals surface area contributed by atoms with Crippen LogP contribution in [0.25, 0.3) is 0 Å². The van der Waals surface area contributed by atoms with E-state index >= 15 is 0 Å². The van der Waals surface area contributed by atoms with Gasteiger partial charge in [-0.05, 0) is 51.5 Å². The molecule has 1 heterocycles. The lowest BCUT2D eigenvalue weighted by molar-refractivity contribution is 0.100. The predicted octanol–water partition coefficient (Wildman–Crippen LogP) is 4.14.